The van der Waals surface area contributed by atoms with Gasteiger partial charge < -0.3 is 14.5 Å². The molecular weight excluding hydrogens is 473 g/mol. The van der Waals surface area contributed by atoms with Crippen molar-refractivity contribution in [3.8, 4) is 5.88 Å². The molecule has 2 aromatic rings. The Kier molecular flexibility index (Phi) is 8.10. The molecule has 0 aromatic carbocycles. The Morgan fingerprint density at radius 3 is 2.56 bits per heavy atom. The first-order valence-corrected chi connectivity index (χ1v) is 14.1. The number of amides is 1. The zero-order chi connectivity index (χ0) is 26.2. The van der Waals surface area contributed by atoms with Crippen molar-refractivity contribution in [2.24, 2.45) is 5.92 Å². The number of carbonyl (C=O) groups excluding carboxylic acids is 1. The minimum absolute atomic E-state index is 0.136. The van der Waals surface area contributed by atoms with Gasteiger partial charge in [0.05, 0.1) is 19.2 Å². The number of carbonyl (C=O) groups is 1. The molecule has 1 atom stereocenters. The van der Waals surface area contributed by atoms with Gasteiger partial charge in [0.25, 0.3) is 5.91 Å². The van der Waals surface area contributed by atoms with Gasteiger partial charge in [0.1, 0.15) is 5.67 Å². The van der Waals surface area contributed by atoms with Gasteiger partial charge in [-0.05, 0) is 102 Å². The third kappa shape index (κ3) is 5.77. The largest absolute Gasteiger partial charge is 0.481 e. The average Bonchev–Trinajstić information content (AvgIpc) is 3.05. The summed E-state index contributed by atoms with van der Waals surface area (Å²) in [5.74, 6) is 1.73. The molecule has 1 saturated heterocycles. The van der Waals surface area contributed by atoms with E-state index in [2.05, 4.69) is 36.7 Å². The molecular formula is C29H42FN3O2S. The number of nitrogens with zero attached hydrogens (tertiary/aromatic N) is 3. The van der Waals surface area contributed by atoms with E-state index in [0.717, 1.165) is 73.3 Å². The van der Waals surface area contributed by atoms with E-state index in [4.69, 9.17) is 4.74 Å². The highest BCUT2D eigenvalue weighted by Crippen LogP contribution is 2.42. The van der Waals surface area contributed by atoms with Crippen LogP contribution in [0.4, 0.5) is 4.39 Å². The molecule has 7 heteroatoms. The van der Waals surface area contributed by atoms with Gasteiger partial charge in [-0.25, -0.2) is 9.37 Å². The first kappa shape index (κ1) is 27.1. The predicted octanol–water partition coefficient (Wildman–Crippen LogP) is 6.23. The molecule has 0 bridgehead atoms. The van der Waals surface area contributed by atoms with Gasteiger partial charge in [0.2, 0.25) is 5.88 Å². The van der Waals surface area contributed by atoms with E-state index in [-0.39, 0.29) is 5.91 Å². The Labute approximate surface area is 220 Å². The summed E-state index contributed by atoms with van der Waals surface area (Å²) in [6, 6.07) is 2.06. The number of alkyl halides is 1. The van der Waals surface area contributed by atoms with Gasteiger partial charge in [0.15, 0.2) is 0 Å². The number of rotatable bonds is 7. The molecule has 2 aromatic heterocycles. The van der Waals surface area contributed by atoms with Crippen LogP contribution in [0.15, 0.2) is 6.07 Å². The van der Waals surface area contributed by atoms with Crippen molar-refractivity contribution >= 4 is 17.2 Å². The van der Waals surface area contributed by atoms with Crippen molar-refractivity contribution < 1.29 is 13.9 Å². The fourth-order valence-electron chi connectivity index (χ4n) is 6.06. The summed E-state index contributed by atoms with van der Waals surface area (Å²) in [5.41, 5.74) is 3.96. The minimum Gasteiger partial charge on any atom is -0.481 e. The van der Waals surface area contributed by atoms with Crippen molar-refractivity contribution in [3.05, 3.63) is 43.8 Å². The molecule has 36 heavy (non-hydrogen) atoms. The van der Waals surface area contributed by atoms with Crippen molar-refractivity contribution in [3.63, 3.8) is 0 Å². The SMILES string of the molecule is COc1nc(C)cc(C)c1CN1CCCc2sc(C(C)C3CCN(CC(C)(C)F)CC3)c(C)c2C1=O. The molecule has 4 rings (SSSR count). The van der Waals surface area contributed by atoms with Crippen molar-refractivity contribution in [1.82, 2.24) is 14.8 Å². The molecule has 1 unspecified atom stereocenters. The molecule has 2 aliphatic rings. The number of aryl methyl sites for hydroxylation is 3. The first-order chi connectivity index (χ1) is 17.0. The maximum absolute atomic E-state index is 14.1. The lowest BCUT2D eigenvalue weighted by Crippen LogP contribution is -2.41. The number of thiophene rings is 1. The highest BCUT2D eigenvalue weighted by Gasteiger charge is 2.33. The molecule has 0 aliphatic carbocycles. The van der Waals surface area contributed by atoms with Crippen LogP contribution in [0.2, 0.25) is 0 Å². The smallest absolute Gasteiger partial charge is 0.255 e. The summed E-state index contributed by atoms with van der Waals surface area (Å²) >= 11 is 1.85. The van der Waals surface area contributed by atoms with Crippen LogP contribution in [-0.2, 0) is 13.0 Å². The van der Waals surface area contributed by atoms with E-state index < -0.39 is 5.67 Å². The van der Waals surface area contributed by atoms with E-state index in [0.29, 0.717) is 30.8 Å². The number of ether oxygens (including phenoxy) is 1. The average molecular weight is 516 g/mol. The van der Waals surface area contributed by atoms with Crippen LogP contribution in [0, 0.1) is 26.7 Å². The number of hydrogen-bond acceptors (Lipinski definition) is 5. The second-order valence-corrected chi connectivity index (χ2v) is 12.5. The molecule has 0 saturated carbocycles. The summed E-state index contributed by atoms with van der Waals surface area (Å²) in [5, 5.41) is 0. The Morgan fingerprint density at radius 1 is 1.22 bits per heavy atom. The Morgan fingerprint density at radius 2 is 1.92 bits per heavy atom. The number of likely N-dealkylation sites (tertiary alicyclic amines) is 1. The lowest BCUT2D eigenvalue weighted by atomic mass is 9.83. The number of pyridine rings is 1. The number of methoxy groups -OCH3 is 1. The number of halogens is 1. The molecule has 0 spiro atoms. The van der Waals surface area contributed by atoms with Gasteiger partial charge in [0, 0.05) is 34.1 Å². The maximum atomic E-state index is 14.1. The van der Waals surface area contributed by atoms with Gasteiger partial charge in [-0.15, -0.1) is 11.3 Å². The lowest BCUT2D eigenvalue weighted by molar-refractivity contribution is 0.0746. The predicted molar refractivity (Wildman–Crippen MR) is 145 cm³/mol. The quantitative estimate of drug-likeness (QED) is 0.439. The van der Waals surface area contributed by atoms with E-state index in [1.165, 1.54) is 9.75 Å². The van der Waals surface area contributed by atoms with E-state index in [1.54, 1.807) is 21.0 Å². The van der Waals surface area contributed by atoms with Gasteiger partial charge >= 0.3 is 0 Å². The molecule has 2 aliphatic heterocycles. The number of aromatic nitrogens is 1. The van der Waals surface area contributed by atoms with E-state index >= 15 is 0 Å². The van der Waals surface area contributed by atoms with Crippen molar-refractivity contribution in [1.29, 1.82) is 0 Å². The highest BCUT2D eigenvalue weighted by molar-refractivity contribution is 7.12. The van der Waals surface area contributed by atoms with E-state index in [1.807, 2.05) is 23.2 Å². The molecule has 1 amide bonds. The third-order valence-corrected chi connectivity index (χ3v) is 9.47. The lowest BCUT2D eigenvalue weighted by Gasteiger charge is -2.36. The fraction of sp³-hybridized carbons (Fsp3) is 0.655. The highest BCUT2D eigenvalue weighted by atomic mass is 32.1. The summed E-state index contributed by atoms with van der Waals surface area (Å²) < 4.78 is 19.7. The molecule has 4 heterocycles. The maximum Gasteiger partial charge on any atom is 0.255 e. The number of piperidine rings is 1. The first-order valence-electron chi connectivity index (χ1n) is 13.3. The van der Waals surface area contributed by atoms with Gasteiger partial charge in [-0.3, -0.25) is 4.79 Å². The minimum atomic E-state index is -1.15. The molecule has 5 nitrogen and oxygen atoms in total. The van der Waals surface area contributed by atoms with Crippen LogP contribution >= 0.6 is 11.3 Å². The Hall–Kier alpha value is -1.99. The van der Waals surface area contributed by atoms with Crippen LogP contribution < -0.4 is 4.74 Å². The van der Waals surface area contributed by atoms with Gasteiger partial charge in [-0.1, -0.05) is 6.92 Å². The van der Waals surface area contributed by atoms with Gasteiger partial charge in [-0.2, -0.15) is 0 Å². The monoisotopic (exact) mass is 515 g/mol. The molecule has 198 valence electrons. The summed E-state index contributed by atoms with van der Waals surface area (Å²) in [4.78, 5) is 25.3. The third-order valence-electron chi connectivity index (χ3n) is 7.92. The molecule has 1 fully saturated rings. The van der Waals surface area contributed by atoms with Crippen LogP contribution in [0.5, 0.6) is 5.88 Å². The summed E-state index contributed by atoms with van der Waals surface area (Å²) in [6.45, 7) is 15.5. The fourth-order valence-corrected chi connectivity index (χ4v) is 7.55. The van der Waals surface area contributed by atoms with Crippen LogP contribution in [0.25, 0.3) is 0 Å². The standard InChI is InChI=1S/C29H42FN3O2S/c1-18-15-19(2)31-27(35-7)23(18)16-33-12-8-9-24-25(28(33)34)21(4)26(36-24)20(3)22-10-13-32(14-11-22)17-29(5,6)30/h15,20,22H,8-14,16-17H2,1-7H3. The molecule has 0 N–H and O–H groups in total. The second kappa shape index (κ2) is 10.8. The number of hydrogen-bond donors (Lipinski definition) is 0. The zero-order valence-electron chi connectivity index (χ0n) is 23.0. The zero-order valence-corrected chi connectivity index (χ0v) is 23.9. The topological polar surface area (TPSA) is 45.7 Å². The van der Waals surface area contributed by atoms with Crippen molar-refractivity contribution in [2.45, 2.75) is 85.4 Å². The second-order valence-electron chi connectivity index (χ2n) is 11.4. The Bertz CT molecular complexity index is 1100. The van der Waals surface area contributed by atoms with Crippen LogP contribution in [0.3, 0.4) is 0 Å². The van der Waals surface area contributed by atoms with E-state index in [9.17, 15) is 9.18 Å². The van der Waals surface area contributed by atoms with Crippen LogP contribution in [-0.4, -0.2) is 59.6 Å². The normalized spacial score (nSPS) is 18.8. The van der Waals surface area contributed by atoms with Crippen LogP contribution in [0.1, 0.15) is 88.4 Å². The molecule has 0 radical (unpaired) electrons. The summed E-state index contributed by atoms with van der Waals surface area (Å²) in [6.07, 6.45) is 4.07. The van der Waals surface area contributed by atoms with Crippen molar-refractivity contribution in [2.75, 3.05) is 33.3 Å². The summed E-state index contributed by atoms with van der Waals surface area (Å²) in [7, 11) is 1.65. The number of fused-ring (bicyclic) bond motifs is 1. The Balaban J connectivity index is 1.52.